The van der Waals surface area contributed by atoms with Crippen LogP contribution in [0.1, 0.15) is 5.56 Å². The number of benzene rings is 2. The first kappa shape index (κ1) is 15.3. The molecule has 110 valence electrons. The van der Waals surface area contributed by atoms with Crippen molar-refractivity contribution in [3.63, 3.8) is 0 Å². The van der Waals surface area contributed by atoms with Crippen molar-refractivity contribution in [2.24, 2.45) is 0 Å². The van der Waals surface area contributed by atoms with Gasteiger partial charge in [-0.2, -0.15) is 5.26 Å². The number of para-hydroxylation sites is 1. The summed E-state index contributed by atoms with van der Waals surface area (Å²) in [5.41, 5.74) is 2.67. The highest BCUT2D eigenvalue weighted by molar-refractivity contribution is 6.06. The number of anilines is 2. The van der Waals surface area contributed by atoms with Crippen LogP contribution in [0.5, 0.6) is 0 Å². The molecule has 0 aliphatic heterocycles. The van der Waals surface area contributed by atoms with Crippen LogP contribution >= 0.6 is 0 Å². The van der Waals surface area contributed by atoms with Gasteiger partial charge in [-0.3, -0.25) is 4.79 Å². The summed E-state index contributed by atoms with van der Waals surface area (Å²) in [4.78, 5) is 13.9. The fourth-order valence-corrected chi connectivity index (χ4v) is 1.99. The second-order valence-corrected chi connectivity index (χ2v) is 4.92. The molecule has 1 amide bonds. The van der Waals surface area contributed by atoms with E-state index in [1.165, 1.54) is 6.20 Å². The topological polar surface area (TPSA) is 56.1 Å². The lowest BCUT2D eigenvalue weighted by Crippen LogP contribution is -2.17. The number of aryl methyl sites for hydroxylation is 1. The van der Waals surface area contributed by atoms with E-state index in [1.54, 1.807) is 18.0 Å². The van der Waals surface area contributed by atoms with Gasteiger partial charge in [0.05, 0.1) is 0 Å². The van der Waals surface area contributed by atoms with Crippen LogP contribution in [0.2, 0.25) is 0 Å². The molecule has 0 saturated heterocycles. The molecule has 0 spiro atoms. The summed E-state index contributed by atoms with van der Waals surface area (Å²) in [5.74, 6) is -0.420. The third kappa shape index (κ3) is 3.97. The van der Waals surface area contributed by atoms with Gasteiger partial charge in [0.25, 0.3) is 5.91 Å². The van der Waals surface area contributed by atoms with Crippen LogP contribution in [0, 0.1) is 18.3 Å². The molecule has 0 aliphatic rings. The van der Waals surface area contributed by atoms with E-state index >= 15 is 0 Å². The van der Waals surface area contributed by atoms with E-state index in [1.807, 2.05) is 61.5 Å². The van der Waals surface area contributed by atoms with Crippen LogP contribution in [0.15, 0.2) is 66.4 Å². The van der Waals surface area contributed by atoms with Gasteiger partial charge in [-0.25, -0.2) is 0 Å². The van der Waals surface area contributed by atoms with Crippen LogP contribution < -0.4 is 10.2 Å². The second-order valence-electron chi connectivity index (χ2n) is 4.92. The number of rotatable bonds is 4. The number of amides is 1. The number of nitriles is 1. The van der Waals surface area contributed by atoms with Crippen molar-refractivity contribution in [3.8, 4) is 6.07 Å². The smallest absolute Gasteiger partial charge is 0.267 e. The van der Waals surface area contributed by atoms with E-state index in [-0.39, 0.29) is 5.57 Å². The Balaban J connectivity index is 2.15. The molecule has 1 N–H and O–H groups in total. The third-order valence-corrected chi connectivity index (χ3v) is 3.13. The molecule has 0 aromatic heterocycles. The first-order chi connectivity index (χ1) is 10.6. The average Bonchev–Trinajstić information content (AvgIpc) is 2.53. The molecule has 4 nitrogen and oxygen atoms in total. The van der Waals surface area contributed by atoms with Gasteiger partial charge in [-0.15, -0.1) is 0 Å². The maximum absolute atomic E-state index is 12.2. The number of nitrogens with zero attached hydrogens (tertiary/aromatic N) is 2. The van der Waals surface area contributed by atoms with Gasteiger partial charge in [0.15, 0.2) is 0 Å². The molecule has 0 fully saturated rings. The van der Waals surface area contributed by atoms with Gasteiger partial charge in [-0.05, 0) is 36.8 Å². The van der Waals surface area contributed by atoms with E-state index in [0.717, 1.165) is 11.3 Å². The van der Waals surface area contributed by atoms with Crippen LogP contribution in [0.25, 0.3) is 0 Å². The van der Waals surface area contributed by atoms with E-state index in [2.05, 4.69) is 5.32 Å². The molecular weight excluding hydrogens is 274 g/mol. The van der Waals surface area contributed by atoms with Crippen molar-refractivity contribution in [2.75, 3.05) is 17.3 Å². The van der Waals surface area contributed by atoms with Crippen molar-refractivity contribution in [1.29, 1.82) is 5.26 Å². The Hall–Kier alpha value is -3.06. The lowest BCUT2D eigenvalue weighted by Gasteiger charge is -2.14. The van der Waals surface area contributed by atoms with Crippen molar-refractivity contribution in [2.45, 2.75) is 6.92 Å². The van der Waals surface area contributed by atoms with E-state index in [0.29, 0.717) is 5.69 Å². The molecule has 4 heteroatoms. The minimum absolute atomic E-state index is 0.0489. The standard InChI is InChI=1S/C18H17N3O/c1-14-7-6-8-16(11-14)20-18(22)15(12-19)13-21(2)17-9-4-3-5-10-17/h3-11,13H,1-2H3,(H,20,22)/b15-13-. The number of nitrogens with one attached hydrogen (secondary N) is 1. The van der Waals surface area contributed by atoms with E-state index in [9.17, 15) is 10.1 Å². The Morgan fingerprint density at radius 3 is 2.55 bits per heavy atom. The highest BCUT2D eigenvalue weighted by Gasteiger charge is 2.11. The molecule has 2 rings (SSSR count). The monoisotopic (exact) mass is 291 g/mol. The fourth-order valence-electron chi connectivity index (χ4n) is 1.99. The van der Waals surface area contributed by atoms with Gasteiger partial charge in [0.1, 0.15) is 11.6 Å². The molecule has 0 saturated carbocycles. The van der Waals surface area contributed by atoms with E-state index < -0.39 is 5.91 Å². The molecule has 0 aliphatic carbocycles. The molecular formula is C18H17N3O. The van der Waals surface area contributed by atoms with Crippen LogP contribution in [-0.2, 0) is 4.79 Å². The molecule has 0 bridgehead atoms. The van der Waals surface area contributed by atoms with Gasteiger partial charge in [-0.1, -0.05) is 30.3 Å². The molecule has 2 aromatic carbocycles. The number of carbonyl (C=O) groups is 1. The summed E-state index contributed by atoms with van der Waals surface area (Å²) >= 11 is 0. The highest BCUT2D eigenvalue weighted by atomic mass is 16.1. The van der Waals surface area contributed by atoms with Crippen molar-refractivity contribution < 1.29 is 4.79 Å². The second kappa shape index (κ2) is 7.09. The van der Waals surface area contributed by atoms with E-state index in [4.69, 9.17) is 0 Å². The first-order valence-corrected chi connectivity index (χ1v) is 6.88. The summed E-state index contributed by atoms with van der Waals surface area (Å²) in [7, 11) is 1.80. The summed E-state index contributed by atoms with van der Waals surface area (Å²) in [6, 6.07) is 18.9. The SMILES string of the molecule is Cc1cccc(NC(=O)/C(C#N)=C\N(C)c2ccccc2)c1. The zero-order chi connectivity index (χ0) is 15.9. The normalized spacial score (nSPS) is 10.7. The van der Waals surface area contributed by atoms with Gasteiger partial charge < -0.3 is 10.2 Å². The first-order valence-electron chi connectivity index (χ1n) is 6.88. The molecule has 0 atom stereocenters. The summed E-state index contributed by atoms with van der Waals surface area (Å²) < 4.78 is 0. The van der Waals surface area contributed by atoms with Crippen LogP contribution in [0.3, 0.4) is 0 Å². The zero-order valence-electron chi connectivity index (χ0n) is 12.6. The molecule has 0 heterocycles. The Morgan fingerprint density at radius 2 is 1.91 bits per heavy atom. The number of hydrogen-bond donors (Lipinski definition) is 1. The minimum atomic E-state index is -0.420. The summed E-state index contributed by atoms with van der Waals surface area (Å²) in [6.45, 7) is 1.94. The minimum Gasteiger partial charge on any atom is -0.350 e. The van der Waals surface area contributed by atoms with Crippen LogP contribution in [-0.4, -0.2) is 13.0 Å². The lowest BCUT2D eigenvalue weighted by atomic mass is 10.2. The Morgan fingerprint density at radius 1 is 1.18 bits per heavy atom. The maximum Gasteiger partial charge on any atom is 0.267 e. The number of carbonyl (C=O) groups excluding carboxylic acids is 1. The average molecular weight is 291 g/mol. The molecule has 0 unspecified atom stereocenters. The zero-order valence-corrected chi connectivity index (χ0v) is 12.6. The lowest BCUT2D eigenvalue weighted by molar-refractivity contribution is -0.112. The Labute approximate surface area is 130 Å². The van der Waals surface area contributed by atoms with Crippen LogP contribution in [0.4, 0.5) is 11.4 Å². The van der Waals surface area contributed by atoms with Gasteiger partial charge in [0.2, 0.25) is 0 Å². The highest BCUT2D eigenvalue weighted by Crippen LogP contribution is 2.14. The number of hydrogen-bond acceptors (Lipinski definition) is 3. The molecule has 22 heavy (non-hydrogen) atoms. The van der Waals surface area contributed by atoms with Gasteiger partial charge >= 0.3 is 0 Å². The van der Waals surface area contributed by atoms with Gasteiger partial charge in [0, 0.05) is 24.6 Å². The van der Waals surface area contributed by atoms with Crippen molar-refractivity contribution >= 4 is 17.3 Å². The summed E-state index contributed by atoms with van der Waals surface area (Å²) in [6.07, 6.45) is 1.53. The predicted molar refractivity (Wildman–Crippen MR) is 88.3 cm³/mol. The largest absolute Gasteiger partial charge is 0.350 e. The Kier molecular flexibility index (Phi) is 4.94. The van der Waals surface area contributed by atoms with Crippen molar-refractivity contribution in [1.82, 2.24) is 0 Å². The molecule has 2 aromatic rings. The maximum atomic E-state index is 12.2. The predicted octanol–water partition coefficient (Wildman–Crippen LogP) is 3.48. The van der Waals surface area contributed by atoms with Crippen molar-refractivity contribution in [3.05, 3.63) is 71.9 Å². The third-order valence-electron chi connectivity index (χ3n) is 3.13. The molecule has 0 radical (unpaired) electrons. The fraction of sp³-hybridized carbons (Fsp3) is 0.111. The summed E-state index contributed by atoms with van der Waals surface area (Å²) in [5, 5.41) is 12.0. The quantitative estimate of drug-likeness (QED) is 0.693. The Bertz CT molecular complexity index is 729.